The molecule has 0 unspecified atom stereocenters. The van der Waals surface area contributed by atoms with Crippen LogP contribution in [-0.2, 0) is 0 Å². The first-order valence-electron chi connectivity index (χ1n) is 1.80. The van der Waals surface area contributed by atoms with Crippen LogP contribution in [0.25, 0.3) is 0 Å². The summed E-state index contributed by atoms with van der Waals surface area (Å²) in [6.45, 7) is 2.83. The van der Waals surface area contributed by atoms with Crippen LogP contribution in [0.1, 0.15) is 6.92 Å². The minimum Gasteiger partial charge on any atom is -0.285 e. The Bertz CT molecular complexity index is 30.0. The Morgan fingerprint density at radius 1 is 1.67 bits per heavy atom. The predicted octanol–water partition coefficient (Wildman–Crippen LogP) is -0.260. The van der Waals surface area contributed by atoms with Gasteiger partial charge in [-0.2, -0.15) is 0 Å². The van der Waals surface area contributed by atoms with Crippen molar-refractivity contribution >= 4 is 8.37 Å². The van der Waals surface area contributed by atoms with E-state index < -0.39 is 8.37 Å². The topological polar surface area (TPSA) is 64.1 Å². The molecule has 0 aliphatic rings. The fourth-order valence-corrected chi connectivity index (χ4v) is 0.548. The molecule has 0 aromatic heterocycles. The van der Waals surface area contributed by atoms with E-state index in [2.05, 4.69) is 5.09 Å². The van der Waals surface area contributed by atoms with Crippen molar-refractivity contribution in [1.29, 1.82) is 0 Å². The number of rotatable bonds is 2. The molecule has 0 saturated heterocycles. The van der Waals surface area contributed by atoms with Gasteiger partial charge < -0.3 is 0 Å². The van der Waals surface area contributed by atoms with Gasteiger partial charge in [-0.3, -0.25) is 16.1 Å². The Kier molecular flexibility index (Phi) is 3.68. The molecule has 0 heterocycles. The van der Waals surface area contributed by atoms with Crippen LogP contribution < -0.4 is 16.1 Å². The van der Waals surface area contributed by atoms with Gasteiger partial charge in [-0.15, -0.1) is 0 Å². The van der Waals surface area contributed by atoms with E-state index in [-0.39, 0.29) is 0 Å². The van der Waals surface area contributed by atoms with Crippen LogP contribution in [0.2, 0.25) is 0 Å². The highest BCUT2D eigenvalue weighted by molar-refractivity contribution is 7.50. The molecule has 0 saturated carbocycles. The van der Waals surface area contributed by atoms with Gasteiger partial charge in [0.15, 0.2) is 0 Å². The van der Waals surface area contributed by atoms with E-state index in [4.69, 9.17) is 11.0 Å². The molecule has 0 aromatic carbocycles. The maximum Gasteiger partial charge on any atom is 0.105 e. The summed E-state index contributed by atoms with van der Waals surface area (Å²) >= 11 is 0. The molecule has 0 radical (unpaired) electrons. The average Bonchev–Trinajstić information content (AvgIpc) is 1.35. The lowest BCUT2D eigenvalue weighted by molar-refractivity contribution is 1.01. The fraction of sp³-hybridized carbons (Fsp3) is 1.00. The van der Waals surface area contributed by atoms with Crippen LogP contribution in [0.5, 0.6) is 0 Å². The third-order valence-corrected chi connectivity index (χ3v) is 1.02. The van der Waals surface area contributed by atoms with E-state index in [1.165, 1.54) is 0 Å². The maximum absolute atomic E-state index is 5.13. The molecule has 0 aliphatic heterocycles. The minimum atomic E-state index is -0.851. The third-order valence-electron chi connectivity index (χ3n) is 0.341. The number of hydrogen-bond acceptors (Lipinski definition) is 3. The fourth-order valence-electron chi connectivity index (χ4n) is 0.183. The van der Waals surface area contributed by atoms with Crippen LogP contribution in [-0.4, -0.2) is 6.54 Å². The molecule has 0 fully saturated rings. The number of nitrogens with two attached hydrogens (primary N) is 2. The van der Waals surface area contributed by atoms with Crippen molar-refractivity contribution in [2.24, 2.45) is 11.0 Å². The SMILES string of the molecule is CCNP(N)N. The molecule has 6 heavy (non-hydrogen) atoms. The van der Waals surface area contributed by atoms with Crippen LogP contribution in [0.3, 0.4) is 0 Å². The van der Waals surface area contributed by atoms with E-state index >= 15 is 0 Å². The summed E-state index contributed by atoms with van der Waals surface area (Å²) in [6.07, 6.45) is 0. The first kappa shape index (κ1) is 6.31. The second-order valence-electron chi connectivity index (χ2n) is 0.919. The molecule has 3 nitrogen and oxygen atoms in total. The highest BCUT2D eigenvalue weighted by Crippen LogP contribution is 2.00. The van der Waals surface area contributed by atoms with E-state index in [0.717, 1.165) is 6.54 Å². The Morgan fingerprint density at radius 3 is 2.17 bits per heavy atom. The Morgan fingerprint density at radius 2 is 2.17 bits per heavy atom. The van der Waals surface area contributed by atoms with Crippen molar-refractivity contribution in [3.05, 3.63) is 0 Å². The second-order valence-corrected chi connectivity index (χ2v) is 2.05. The molecule has 0 rings (SSSR count). The van der Waals surface area contributed by atoms with Crippen molar-refractivity contribution in [2.75, 3.05) is 6.54 Å². The van der Waals surface area contributed by atoms with Crippen LogP contribution in [0.15, 0.2) is 0 Å². The largest absolute Gasteiger partial charge is 0.285 e. The molecule has 0 aromatic rings. The summed E-state index contributed by atoms with van der Waals surface area (Å²) in [7, 11) is -0.851. The summed E-state index contributed by atoms with van der Waals surface area (Å²) in [5.41, 5.74) is 10.3. The molecule has 38 valence electrons. The molecular weight excluding hydrogens is 97.0 g/mol. The van der Waals surface area contributed by atoms with E-state index in [1.54, 1.807) is 0 Å². The van der Waals surface area contributed by atoms with Crippen molar-refractivity contribution in [3.8, 4) is 0 Å². The first-order valence-corrected chi connectivity index (χ1v) is 3.28. The Hall–Kier alpha value is 0.310. The third kappa shape index (κ3) is 4.31. The molecule has 0 aliphatic carbocycles. The number of hydrogen-bond donors (Lipinski definition) is 3. The quantitative estimate of drug-likeness (QED) is 0.426. The van der Waals surface area contributed by atoms with Crippen molar-refractivity contribution in [3.63, 3.8) is 0 Å². The zero-order valence-electron chi connectivity index (χ0n) is 3.81. The molecule has 5 N–H and O–H groups in total. The van der Waals surface area contributed by atoms with Gasteiger partial charge in [0, 0.05) is 0 Å². The lowest BCUT2D eigenvalue weighted by Crippen LogP contribution is -2.16. The lowest BCUT2D eigenvalue weighted by Gasteiger charge is -2.00. The Balaban J connectivity index is 2.63. The van der Waals surface area contributed by atoms with Gasteiger partial charge in [-0.05, 0) is 6.54 Å². The molecule has 0 bridgehead atoms. The van der Waals surface area contributed by atoms with Gasteiger partial charge in [0.25, 0.3) is 0 Å². The summed E-state index contributed by atoms with van der Waals surface area (Å²) < 4.78 is 0. The molecule has 0 spiro atoms. The lowest BCUT2D eigenvalue weighted by atomic mass is 10.8. The summed E-state index contributed by atoms with van der Waals surface area (Å²) in [4.78, 5) is 0. The van der Waals surface area contributed by atoms with Gasteiger partial charge in [-0.1, -0.05) is 6.92 Å². The molecule has 4 heteroatoms. The van der Waals surface area contributed by atoms with Gasteiger partial charge in [-0.25, -0.2) is 0 Å². The van der Waals surface area contributed by atoms with Crippen molar-refractivity contribution < 1.29 is 0 Å². The standard InChI is InChI=1S/C2H10N3P/c1-2-5-6(3)4/h5H,2-4H2,1H3. The van der Waals surface area contributed by atoms with Crippen molar-refractivity contribution in [1.82, 2.24) is 5.09 Å². The second kappa shape index (κ2) is 3.50. The molecule has 0 atom stereocenters. The van der Waals surface area contributed by atoms with Crippen LogP contribution in [0.4, 0.5) is 0 Å². The van der Waals surface area contributed by atoms with Gasteiger partial charge in [0.1, 0.15) is 8.37 Å². The summed E-state index contributed by atoms with van der Waals surface area (Å²) in [5, 5.41) is 2.83. The van der Waals surface area contributed by atoms with E-state index in [1.807, 2.05) is 6.92 Å². The summed E-state index contributed by atoms with van der Waals surface area (Å²) in [6, 6.07) is 0. The number of nitrogens with one attached hydrogen (secondary N) is 1. The maximum atomic E-state index is 5.13. The van der Waals surface area contributed by atoms with Gasteiger partial charge >= 0.3 is 0 Å². The van der Waals surface area contributed by atoms with Gasteiger partial charge in [0.2, 0.25) is 0 Å². The Labute approximate surface area is 39.0 Å². The summed E-state index contributed by atoms with van der Waals surface area (Å²) in [5.74, 6) is 0. The molecule has 0 amide bonds. The van der Waals surface area contributed by atoms with Crippen LogP contribution >= 0.6 is 8.37 Å². The van der Waals surface area contributed by atoms with E-state index in [0.29, 0.717) is 0 Å². The van der Waals surface area contributed by atoms with Crippen LogP contribution in [0, 0.1) is 0 Å². The molecular formula is C2H10N3P. The van der Waals surface area contributed by atoms with Crippen molar-refractivity contribution in [2.45, 2.75) is 6.92 Å². The minimum absolute atomic E-state index is 0.851. The zero-order chi connectivity index (χ0) is 4.99. The predicted molar refractivity (Wildman–Crippen MR) is 29.0 cm³/mol. The highest BCUT2D eigenvalue weighted by Gasteiger charge is 1.82. The normalized spacial score (nSPS) is 10.0. The highest BCUT2D eigenvalue weighted by atomic mass is 31.1. The first-order chi connectivity index (χ1) is 2.77. The zero-order valence-corrected chi connectivity index (χ0v) is 4.70. The smallest absolute Gasteiger partial charge is 0.105 e. The monoisotopic (exact) mass is 107 g/mol. The van der Waals surface area contributed by atoms with E-state index in [9.17, 15) is 0 Å². The average molecular weight is 107 g/mol. The van der Waals surface area contributed by atoms with Gasteiger partial charge in [0.05, 0.1) is 0 Å².